The molecule has 3 aromatic rings. The van der Waals surface area contributed by atoms with Gasteiger partial charge in [-0.2, -0.15) is 0 Å². The maximum Gasteiger partial charge on any atom is 0.276 e. The van der Waals surface area contributed by atoms with E-state index in [1.807, 2.05) is 74.5 Å². The second kappa shape index (κ2) is 12.0. The van der Waals surface area contributed by atoms with Crippen LogP contribution in [0.5, 0.6) is 5.75 Å². The zero-order valence-electron chi connectivity index (χ0n) is 19.0. The van der Waals surface area contributed by atoms with Crippen molar-refractivity contribution in [1.82, 2.24) is 10.9 Å². The molecule has 3 rings (SSSR count). The predicted molar refractivity (Wildman–Crippen MR) is 135 cm³/mol. The SMILES string of the molecule is Cc1ccc(NC(=O)CCC(=O)NNC(=O)COc2ccc(-c3ccccc3)cc2Br)c(C)c1. The van der Waals surface area contributed by atoms with E-state index in [1.165, 1.54) is 0 Å². The number of hydrogen-bond donors (Lipinski definition) is 3. The smallest absolute Gasteiger partial charge is 0.276 e. The van der Waals surface area contributed by atoms with Crippen molar-refractivity contribution in [3.63, 3.8) is 0 Å². The number of nitrogens with one attached hydrogen (secondary N) is 3. The van der Waals surface area contributed by atoms with Gasteiger partial charge < -0.3 is 10.1 Å². The maximum absolute atomic E-state index is 12.1. The number of hydrazine groups is 1. The van der Waals surface area contributed by atoms with E-state index in [-0.39, 0.29) is 25.4 Å². The molecule has 7 nitrogen and oxygen atoms in total. The Bertz CT molecular complexity index is 1180. The molecule has 3 amide bonds. The molecular weight excluding hydrogens is 498 g/mol. The molecule has 0 bridgehead atoms. The van der Waals surface area contributed by atoms with E-state index in [9.17, 15) is 14.4 Å². The van der Waals surface area contributed by atoms with Gasteiger partial charge in [0.05, 0.1) is 4.47 Å². The lowest BCUT2D eigenvalue weighted by atomic mass is 10.1. The molecule has 8 heteroatoms. The third-order valence-electron chi connectivity index (χ3n) is 4.97. The Hall–Kier alpha value is -3.65. The Labute approximate surface area is 207 Å². The van der Waals surface area contributed by atoms with E-state index in [1.54, 1.807) is 6.07 Å². The van der Waals surface area contributed by atoms with Crippen LogP contribution in [-0.4, -0.2) is 24.3 Å². The van der Waals surface area contributed by atoms with E-state index in [0.717, 1.165) is 22.3 Å². The van der Waals surface area contributed by atoms with Crippen LogP contribution in [0.4, 0.5) is 5.69 Å². The van der Waals surface area contributed by atoms with Gasteiger partial charge >= 0.3 is 0 Å². The molecule has 0 radical (unpaired) electrons. The first-order valence-electron chi connectivity index (χ1n) is 10.7. The number of hydrogen-bond acceptors (Lipinski definition) is 4. The third-order valence-corrected chi connectivity index (χ3v) is 5.59. The maximum atomic E-state index is 12.1. The fourth-order valence-electron chi connectivity index (χ4n) is 3.20. The zero-order chi connectivity index (χ0) is 24.5. The molecule has 3 N–H and O–H groups in total. The van der Waals surface area contributed by atoms with Crippen LogP contribution in [0.15, 0.2) is 71.2 Å². The van der Waals surface area contributed by atoms with Gasteiger partial charge in [-0.15, -0.1) is 0 Å². The van der Waals surface area contributed by atoms with Gasteiger partial charge in [0.15, 0.2) is 6.61 Å². The summed E-state index contributed by atoms with van der Waals surface area (Å²) < 4.78 is 6.24. The van der Waals surface area contributed by atoms with E-state index in [0.29, 0.717) is 15.9 Å². The molecule has 0 aliphatic carbocycles. The number of rotatable bonds is 8. The van der Waals surface area contributed by atoms with E-state index in [2.05, 4.69) is 32.1 Å². The molecule has 0 heterocycles. The van der Waals surface area contributed by atoms with Crippen molar-refractivity contribution in [1.29, 1.82) is 0 Å². The fourth-order valence-corrected chi connectivity index (χ4v) is 3.70. The largest absolute Gasteiger partial charge is 0.483 e. The minimum absolute atomic E-state index is 0.00771. The van der Waals surface area contributed by atoms with Crippen molar-refractivity contribution in [3.8, 4) is 16.9 Å². The molecule has 0 fully saturated rings. The summed E-state index contributed by atoms with van der Waals surface area (Å²) in [7, 11) is 0. The Kier molecular flexibility index (Phi) is 8.81. The Morgan fingerprint density at radius 2 is 1.50 bits per heavy atom. The van der Waals surface area contributed by atoms with Gasteiger partial charge in [-0.25, -0.2) is 0 Å². The third kappa shape index (κ3) is 7.45. The minimum atomic E-state index is -0.521. The van der Waals surface area contributed by atoms with Crippen LogP contribution >= 0.6 is 15.9 Å². The quantitative estimate of drug-likeness (QED) is 0.373. The fraction of sp³-hybridized carbons (Fsp3) is 0.192. The molecule has 0 aliphatic rings. The van der Waals surface area contributed by atoms with Crippen LogP contribution in [0.1, 0.15) is 24.0 Å². The highest BCUT2D eigenvalue weighted by atomic mass is 79.9. The van der Waals surface area contributed by atoms with Crippen molar-refractivity contribution in [2.45, 2.75) is 26.7 Å². The summed E-state index contributed by atoms with van der Waals surface area (Å²) in [6, 6.07) is 21.2. The molecule has 0 aromatic heterocycles. The Balaban J connectivity index is 1.38. The second-order valence-corrected chi connectivity index (χ2v) is 8.62. The molecule has 0 unspecified atom stereocenters. The van der Waals surface area contributed by atoms with E-state index < -0.39 is 11.8 Å². The number of carbonyl (C=O) groups excluding carboxylic acids is 3. The van der Waals surface area contributed by atoms with E-state index >= 15 is 0 Å². The topological polar surface area (TPSA) is 96.5 Å². The van der Waals surface area contributed by atoms with Crippen LogP contribution < -0.4 is 20.9 Å². The average molecular weight is 524 g/mol. The van der Waals surface area contributed by atoms with Gasteiger partial charge in [-0.3, -0.25) is 25.2 Å². The van der Waals surface area contributed by atoms with Gasteiger partial charge in [-0.1, -0.05) is 54.1 Å². The lowest BCUT2D eigenvalue weighted by molar-refractivity contribution is -0.130. The first-order valence-corrected chi connectivity index (χ1v) is 11.5. The number of benzene rings is 3. The summed E-state index contributed by atoms with van der Waals surface area (Å²) in [4.78, 5) is 36.1. The first kappa shape index (κ1) is 25.0. The molecule has 3 aromatic carbocycles. The molecule has 0 saturated carbocycles. The van der Waals surface area contributed by atoms with Crippen LogP contribution in [0.3, 0.4) is 0 Å². The molecule has 0 aliphatic heterocycles. The number of carbonyl (C=O) groups is 3. The summed E-state index contributed by atoms with van der Waals surface area (Å²) in [5.41, 5.74) is 9.42. The van der Waals surface area contributed by atoms with Gasteiger partial charge in [0.2, 0.25) is 11.8 Å². The van der Waals surface area contributed by atoms with Crippen molar-refractivity contribution in [2.24, 2.45) is 0 Å². The van der Waals surface area contributed by atoms with Gasteiger partial charge in [0.25, 0.3) is 5.91 Å². The molecule has 0 saturated heterocycles. The summed E-state index contributed by atoms with van der Waals surface area (Å²) >= 11 is 3.46. The average Bonchev–Trinajstić information content (AvgIpc) is 2.83. The highest BCUT2D eigenvalue weighted by Crippen LogP contribution is 2.30. The van der Waals surface area contributed by atoms with Gasteiger partial charge in [-0.05, 0) is 64.7 Å². The number of ether oxygens (including phenoxy) is 1. The number of halogens is 1. The summed E-state index contributed by atoms with van der Waals surface area (Å²) in [5, 5.41) is 2.78. The van der Waals surface area contributed by atoms with Crippen molar-refractivity contribution < 1.29 is 19.1 Å². The number of amides is 3. The number of anilines is 1. The molecule has 0 atom stereocenters. The van der Waals surface area contributed by atoms with Crippen molar-refractivity contribution in [2.75, 3.05) is 11.9 Å². The normalized spacial score (nSPS) is 10.3. The lowest BCUT2D eigenvalue weighted by Gasteiger charge is -2.11. The highest BCUT2D eigenvalue weighted by molar-refractivity contribution is 9.10. The van der Waals surface area contributed by atoms with Crippen LogP contribution in [0.2, 0.25) is 0 Å². The standard InChI is InChI=1S/C26H26BrN3O4/c1-17-8-10-22(18(2)14-17)28-24(31)12-13-25(32)29-30-26(33)16-34-23-11-9-20(15-21(23)27)19-6-4-3-5-7-19/h3-11,14-15H,12-13,16H2,1-2H3,(H,28,31)(H,29,32)(H,30,33). The van der Waals surface area contributed by atoms with Crippen molar-refractivity contribution in [3.05, 3.63) is 82.3 Å². The lowest BCUT2D eigenvalue weighted by Crippen LogP contribution is -2.44. The minimum Gasteiger partial charge on any atom is -0.483 e. The highest BCUT2D eigenvalue weighted by Gasteiger charge is 2.11. The molecule has 0 spiro atoms. The van der Waals surface area contributed by atoms with Crippen LogP contribution in [0.25, 0.3) is 11.1 Å². The zero-order valence-corrected chi connectivity index (χ0v) is 20.6. The summed E-state index contributed by atoms with van der Waals surface area (Å²) in [6.07, 6.45) is -0.0728. The Morgan fingerprint density at radius 1 is 0.794 bits per heavy atom. The van der Waals surface area contributed by atoms with Gasteiger partial charge in [0.1, 0.15) is 5.75 Å². The second-order valence-electron chi connectivity index (χ2n) is 7.76. The monoisotopic (exact) mass is 523 g/mol. The predicted octanol–water partition coefficient (Wildman–Crippen LogP) is 4.68. The molecule has 176 valence electrons. The van der Waals surface area contributed by atoms with Crippen molar-refractivity contribution >= 4 is 39.3 Å². The van der Waals surface area contributed by atoms with E-state index in [4.69, 9.17) is 4.74 Å². The molecular formula is C26H26BrN3O4. The first-order chi connectivity index (χ1) is 16.3. The molecule has 34 heavy (non-hydrogen) atoms. The summed E-state index contributed by atoms with van der Waals surface area (Å²) in [5.74, 6) is -0.769. The van der Waals surface area contributed by atoms with Gasteiger partial charge in [0, 0.05) is 18.5 Å². The Morgan fingerprint density at radius 3 is 2.21 bits per heavy atom. The summed E-state index contributed by atoms with van der Waals surface area (Å²) in [6.45, 7) is 3.60. The van der Waals surface area contributed by atoms with Crippen LogP contribution in [-0.2, 0) is 14.4 Å². The van der Waals surface area contributed by atoms with Crippen LogP contribution in [0, 0.1) is 13.8 Å². The number of aryl methyl sites for hydroxylation is 2.